The van der Waals surface area contributed by atoms with Gasteiger partial charge in [0.05, 0.1) is 24.9 Å². The molecule has 84 valence electrons. The first-order valence-electron chi connectivity index (χ1n) is 5.11. The van der Waals surface area contributed by atoms with E-state index < -0.39 is 12.2 Å². The number of hydrogen-bond donors (Lipinski definition) is 3. The summed E-state index contributed by atoms with van der Waals surface area (Å²) >= 11 is 0. The zero-order valence-electron chi connectivity index (χ0n) is 9.14. The Balaban J connectivity index is 2.77. The van der Waals surface area contributed by atoms with Gasteiger partial charge in [0.1, 0.15) is 0 Å². The molecular formula is C10H21NO3. The van der Waals surface area contributed by atoms with Gasteiger partial charge < -0.3 is 15.3 Å². The van der Waals surface area contributed by atoms with Crippen LogP contribution in [0.4, 0.5) is 0 Å². The van der Waals surface area contributed by atoms with Crippen LogP contribution in [0.15, 0.2) is 0 Å². The van der Waals surface area contributed by atoms with Crippen molar-refractivity contribution in [3.63, 3.8) is 0 Å². The fourth-order valence-electron chi connectivity index (χ4n) is 2.09. The van der Waals surface area contributed by atoms with Crippen LogP contribution in [0.3, 0.4) is 0 Å². The van der Waals surface area contributed by atoms with Crippen molar-refractivity contribution in [3.8, 4) is 0 Å². The van der Waals surface area contributed by atoms with Crippen LogP contribution in [0, 0.1) is 0 Å². The molecule has 0 saturated carbocycles. The zero-order chi connectivity index (χ0) is 10.9. The fraction of sp³-hybridized carbons (Fsp3) is 1.00. The lowest BCUT2D eigenvalue weighted by molar-refractivity contribution is -0.114. The van der Waals surface area contributed by atoms with Gasteiger partial charge in [-0.05, 0) is 27.2 Å². The average molecular weight is 203 g/mol. The van der Waals surface area contributed by atoms with E-state index in [4.69, 9.17) is 0 Å². The van der Waals surface area contributed by atoms with Crippen molar-refractivity contribution in [1.29, 1.82) is 0 Å². The number of likely N-dealkylation sites (tertiary alicyclic amines) is 1. The molecule has 0 radical (unpaired) electrons. The molecule has 14 heavy (non-hydrogen) atoms. The van der Waals surface area contributed by atoms with E-state index in [2.05, 4.69) is 0 Å². The molecule has 3 atom stereocenters. The summed E-state index contributed by atoms with van der Waals surface area (Å²) in [4.78, 5) is 2.05. The van der Waals surface area contributed by atoms with Gasteiger partial charge in [0.25, 0.3) is 0 Å². The van der Waals surface area contributed by atoms with Gasteiger partial charge in [0, 0.05) is 12.1 Å². The van der Waals surface area contributed by atoms with Gasteiger partial charge in [0.15, 0.2) is 0 Å². The highest BCUT2D eigenvalue weighted by molar-refractivity contribution is 4.94. The molecule has 0 aromatic carbocycles. The maximum Gasteiger partial charge on any atom is 0.0976 e. The Labute approximate surface area is 85.2 Å². The third kappa shape index (κ3) is 2.25. The molecule has 4 heteroatoms. The molecular weight excluding hydrogens is 182 g/mol. The first kappa shape index (κ1) is 11.9. The van der Waals surface area contributed by atoms with Crippen molar-refractivity contribution < 1.29 is 15.3 Å². The fourth-order valence-corrected chi connectivity index (χ4v) is 2.09. The maximum absolute atomic E-state index is 9.72. The van der Waals surface area contributed by atoms with E-state index in [1.807, 2.05) is 25.7 Å². The van der Waals surface area contributed by atoms with Crippen LogP contribution >= 0.6 is 0 Å². The summed E-state index contributed by atoms with van der Waals surface area (Å²) in [6, 6.07) is -0.348. The van der Waals surface area contributed by atoms with E-state index in [1.165, 1.54) is 0 Å². The van der Waals surface area contributed by atoms with Gasteiger partial charge in [-0.15, -0.1) is 0 Å². The Morgan fingerprint density at radius 1 is 1.29 bits per heavy atom. The zero-order valence-corrected chi connectivity index (χ0v) is 9.14. The molecule has 0 aliphatic carbocycles. The third-order valence-electron chi connectivity index (χ3n) is 2.90. The number of rotatable bonds is 1. The molecule has 0 aromatic heterocycles. The number of hydrogen-bond acceptors (Lipinski definition) is 4. The summed E-state index contributed by atoms with van der Waals surface area (Å²) in [5.41, 5.74) is -0.0888. The van der Waals surface area contributed by atoms with Crippen LogP contribution in [-0.4, -0.2) is 57.2 Å². The minimum absolute atomic E-state index is 0.0888. The van der Waals surface area contributed by atoms with Crippen LogP contribution in [0.2, 0.25) is 0 Å². The maximum atomic E-state index is 9.72. The van der Waals surface area contributed by atoms with Gasteiger partial charge in [-0.3, -0.25) is 4.90 Å². The van der Waals surface area contributed by atoms with Crippen LogP contribution in [-0.2, 0) is 0 Å². The first-order chi connectivity index (χ1) is 6.38. The minimum atomic E-state index is -0.840. The van der Waals surface area contributed by atoms with Crippen molar-refractivity contribution in [3.05, 3.63) is 0 Å². The second kappa shape index (κ2) is 4.14. The van der Waals surface area contributed by atoms with Crippen molar-refractivity contribution in [1.82, 2.24) is 4.90 Å². The molecule has 0 spiro atoms. The first-order valence-corrected chi connectivity index (χ1v) is 5.11. The monoisotopic (exact) mass is 203 g/mol. The standard InChI is InChI=1S/C10H21NO3/c1-10(2,3)11-5-4-8(13)9(14)7(11)6-12/h7-9,12-14H,4-6H2,1-3H3/t7-,8+,9+/m0/s1. The topological polar surface area (TPSA) is 63.9 Å². The lowest BCUT2D eigenvalue weighted by atomic mass is 9.91. The summed E-state index contributed by atoms with van der Waals surface area (Å²) in [5, 5.41) is 28.4. The Morgan fingerprint density at radius 2 is 1.86 bits per heavy atom. The second-order valence-corrected chi connectivity index (χ2v) is 4.96. The number of aliphatic hydroxyl groups excluding tert-OH is 3. The van der Waals surface area contributed by atoms with Gasteiger partial charge in [-0.2, -0.15) is 0 Å². The van der Waals surface area contributed by atoms with Gasteiger partial charge in [-0.1, -0.05) is 0 Å². The normalized spacial score (nSPS) is 36.0. The summed E-state index contributed by atoms with van der Waals surface area (Å²) in [5.74, 6) is 0. The van der Waals surface area contributed by atoms with Crippen molar-refractivity contribution >= 4 is 0 Å². The molecule has 1 aliphatic rings. The quantitative estimate of drug-likeness (QED) is 0.541. The van der Waals surface area contributed by atoms with E-state index >= 15 is 0 Å². The summed E-state index contributed by atoms with van der Waals surface area (Å²) in [7, 11) is 0. The Hall–Kier alpha value is -0.160. The Bertz CT molecular complexity index is 190. The number of aliphatic hydroxyl groups is 3. The van der Waals surface area contributed by atoms with Crippen LogP contribution in [0.1, 0.15) is 27.2 Å². The molecule has 1 heterocycles. The molecule has 0 amide bonds. The van der Waals surface area contributed by atoms with E-state index in [-0.39, 0.29) is 18.2 Å². The van der Waals surface area contributed by atoms with Crippen LogP contribution in [0.5, 0.6) is 0 Å². The van der Waals surface area contributed by atoms with Crippen LogP contribution in [0.25, 0.3) is 0 Å². The van der Waals surface area contributed by atoms with Crippen molar-refractivity contribution in [2.24, 2.45) is 0 Å². The predicted octanol–water partition coefficient (Wildman–Crippen LogP) is -0.427. The molecule has 1 aliphatic heterocycles. The van der Waals surface area contributed by atoms with Crippen molar-refractivity contribution in [2.75, 3.05) is 13.2 Å². The summed E-state index contributed by atoms with van der Waals surface area (Å²) in [6.07, 6.45) is -0.978. The summed E-state index contributed by atoms with van der Waals surface area (Å²) in [6.45, 7) is 6.72. The molecule has 1 saturated heterocycles. The van der Waals surface area contributed by atoms with E-state index in [0.717, 1.165) is 0 Å². The summed E-state index contributed by atoms with van der Waals surface area (Å²) < 4.78 is 0. The number of nitrogens with zero attached hydrogens (tertiary/aromatic N) is 1. The third-order valence-corrected chi connectivity index (χ3v) is 2.90. The predicted molar refractivity (Wildman–Crippen MR) is 54.0 cm³/mol. The Morgan fingerprint density at radius 3 is 2.29 bits per heavy atom. The van der Waals surface area contributed by atoms with Crippen LogP contribution < -0.4 is 0 Å². The highest BCUT2D eigenvalue weighted by Crippen LogP contribution is 2.25. The highest BCUT2D eigenvalue weighted by atomic mass is 16.3. The van der Waals surface area contributed by atoms with E-state index in [1.54, 1.807) is 0 Å². The second-order valence-electron chi connectivity index (χ2n) is 4.96. The SMILES string of the molecule is CC(C)(C)N1CC[C@@H](O)[C@H](O)[C@@H]1CO. The molecule has 0 bridgehead atoms. The average Bonchev–Trinajstić information content (AvgIpc) is 2.07. The van der Waals surface area contributed by atoms with E-state index in [9.17, 15) is 15.3 Å². The molecule has 0 unspecified atom stereocenters. The van der Waals surface area contributed by atoms with Gasteiger partial charge >= 0.3 is 0 Å². The Kier molecular flexibility index (Phi) is 3.53. The lowest BCUT2D eigenvalue weighted by Crippen LogP contribution is -2.61. The molecule has 0 aromatic rings. The van der Waals surface area contributed by atoms with Gasteiger partial charge in [-0.25, -0.2) is 0 Å². The molecule has 4 nitrogen and oxygen atoms in total. The molecule has 1 fully saturated rings. The van der Waals surface area contributed by atoms with Gasteiger partial charge in [0.2, 0.25) is 0 Å². The smallest absolute Gasteiger partial charge is 0.0976 e. The largest absolute Gasteiger partial charge is 0.395 e. The lowest BCUT2D eigenvalue weighted by Gasteiger charge is -2.47. The minimum Gasteiger partial charge on any atom is -0.395 e. The number of piperidine rings is 1. The molecule has 3 N–H and O–H groups in total. The van der Waals surface area contributed by atoms with E-state index in [0.29, 0.717) is 13.0 Å². The van der Waals surface area contributed by atoms with Crippen molar-refractivity contribution in [2.45, 2.75) is 51.0 Å². The highest BCUT2D eigenvalue weighted by Gasteiger charge is 2.40. The molecule has 1 rings (SSSR count).